The third kappa shape index (κ3) is 4.14. The number of nitrogens with one attached hydrogen (secondary N) is 1. The predicted molar refractivity (Wildman–Crippen MR) is 89.0 cm³/mol. The number of amidine groups is 1. The van der Waals surface area contributed by atoms with Crippen LogP contribution in [0.1, 0.15) is 46.1 Å². The van der Waals surface area contributed by atoms with Crippen molar-refractivity contribution in [2.45, 2.75) is 46.6 Å². The third-order valence-corrected chi connectivity index (χ3v) is 3.74. The van der Waals surface area contributed by atoms with Gasteiger partial charge >= 0.3 is 0 Å². The monoisotopic (exact) mass is 295 g/mol. The summed E-state index contributed by atoms with van der Waals surface area (Å²) in [7, 11) is 0. The van der Waals surface area contributed by atoms with E-state index >= 15 is 0 Å². The first-order valence-electron chi connectivity index (χ1n) is 7.31. The molecule has 0 aliphatic heterocycles. The summed E-state index contributed by atoms with van der Waals surface area (Å²) in [6.07, 6.45) is 2.13. The number of anilines is 1. The molecule has 0 radical (unpaired) electrons. The smallest absolute Gasteiger partial charge is 0.124 e. The van der Waals surface area contributed by atoms with Gasteiger partial charge in [-0.2, -0.15) is 0 Å². The molecule has 0 aromatic heterocycles. The lowest BCUT2D eigenvalue weighted by molar-refractivity contribution is 0.507. The molecule has 1 rings (SSSR count). The maximum Gasteiger partial charge on any atom is 0.124 e. The fourth-order valence-electron chi connectivity index (χ4n) is 2.54. The summed E-state index contributed by atoms with van der Waals surface area (Å²) in [6, 6.07) is 6.01. The largest absolute Gasteiger partial charge is 0.384 e. The molecular weight excluding hydrogens is 270 g/mol. The van der Waals surface area contributed by atoms with Gasteiger partial charge in [-0.25, -0.2) is 0 Å². The zero-order valence-electron chi connectivity index (χ0n) is 12.9. The molecule has 0 saturated heterocycles. The minimum Gasteiger partial charge on any atom is -0.384 e. The molecule has 3 nitrogen and oxygen atoms in total. The van der Waals surface area contributed by atoms with Crippen LogP contribution in [0.5, 0.6) is 0 Å². The maximum absolute atomic E-state index is 7.79. The highest BCUT2D eigenvalue weighted by molar-refractivity contribution is 6.31. The van der Waals surface area contributed by atoms with Crippen molar-refractivity contribution in [1.82, 2.24) is 0 Å². The Hall–Kier alpha value is -1.22. The quantitative estimate of drug-likeness (QED) is 0.583. The molecule has 0 bridgehead atoms. The second-order valence-corrected chi connectivity index (χ2v) is 6.03. The van der Waals surface area contributed by atoms with Crippen molar-refractivity contribution < 1.29 is 0 Å². The van der Waals surface area contributed by atoms with Gasteiger partial charge in [0.15, 0.2) is 0 Å². The van der Waals surface area contributed by atoms with Crippen LogP contribution in [-0.4, -0.2) is 18.4 Å². The van der Waals surface area contributed by atoms with Crippen molar-refractivity contribution >= 4 is 23.1 Å². The molecule has 0 saturated carbocycles. The summed E-state index contributed by atoms with van der Waals surface area (Å²) in [5, 5.41) is 8.47. The van der Waals surface area contributed by atoms with Crippen molar-refractivity contribution in [1.29, 1.82) is 5.41 Å². The van der Waals surface area contributed by atoms with Gasteiger partial charge in [0.25, 0.3) is 0 Å². The number of benzene rings is 1. The van der Waals surface area contributed by atoms with Crippen LogP contribution in [0.4, 0.5) is 5.69 Å². The number of hydrogen-bond donors (Lipinski definition) is 2. The number of hydrogen-bond acceptors (Lipinski definition) is 2. The summed E-state index contributed by atoms with van der Waals surface area (Å²) >= 11 is 6.16. The van der Waals surface area contributed by atoms with Crippen LogP contribution < -0.4 is 10.6 Å². The van der Waals surface area contributed by atoms with Gasteiger partial charge in [-0.15, -0.1) is 0 Å². The second-order valence-electron chi connectivity index (χ2n) is 5.59. The van der Waals surface area contributed by atoms with Gasteiger partial charge < -0.3 is 10.6 Å². The number of nitrogen functional groups attached to an aromatic ring is 1. The molecule has 0 atom stereocenters. The highest BCUT2D eigenvalue weighted by Gasteiger charge is 2.20. The highest BCUT2D eigenvalue weighted by Crippen LogP contribution is 2.29. The molecule has 1 aromatic carbocycles. The van der Waals surface area contributed by atoms with Crippen LogP contribution in [-0.2, 0) is 0 Å². The topological polar surface area (TPSA) is 53.1 Å². The lowest BCUT2D eigenvalue weighted by Gasteiger charge is -2.35. The Bertz CT molecular complexity index is 453. The molecular formula is C16H26ClN3. The first kappa shape index (κ1) is 16.8. The van der Waals surface area contributed by atoms with E-state index < -0.39 is 0 Å². The van der Waals surface area contributed by atoms with E-state index in [1.54, 1.807) is 6.07 Å². The minimum absolute atomic E-state index is 0.0939. The molecule has 20 heavy (non-hydrogen) atoms. The minimum atomic E-state index is 0.0939. The van der Waals surface area contributed by atoms with E-state index in [-0.39, 0.29) is 5.84 Å². The van der Waals surface area contributed by atoms with Gasteiger partial charge in [-0.3, -0.25) is 5.41 Å². The molecule has 1 aromatic rings. The van der Waals surface area contributed by atoms with Gasteiger partial charge in [-0.1, -0.05) is 39.3 Å². The molecule has 0 fully saturated rings. The molecule has 0 unspecified atom stereocenters. The Morgan fingerprint density at radius 1 is 1.30 bits per heavy atom. The number of nitrogens with zero attached hydrogens (tertiary/aromatic N) is 1. The van der Waals surface area contributed by atoms with Crippen molar-refractivity contribution in [3.63, 3.8) is 0 Å². The summed E-state index contributed by atoms with van der Waals surface area (Å²) in [5.74, 6) is 0.630. The molecule has 0 heterocycles. The standard InChI is InChI=1S/C16H26ClN3/c1-5-13(6-2)20(10-11(3)4)15-9-12(17)7-8-14(15)16(18)19/h7-9,11,13H,5-6,10H2,1-4H3,(H3,18,19). The second kappa shape index (κ2) is 7.53. The third-order valence-electron chi connectivity index (χ3n) is 3.50. The Balaban J connectivity index is 3.31. The Morgan fingerprint density at radius 2 is 1.90 bits per heavy atom. The van der Waals surface area contributed by atoms with E-state index in [0.29, 0.717) is 17.0 Å². The Kier molecular flexibility index (Phi) is 6.34. The summed E-state index contributed by atoms with van der Waals surface area (Å²) in [5.41, 5.74) is 7.47. The Labute approximate surface area is 127 Å². The van der Waals surface area contributed by atoms with Crippen molar-refractivity contribution in [3.8, 4) is 0 Å². The van der Waals surface area contributed by atoms with Gasteiger partial charge in [0.05, 0.1) is 0 Å². The van der Waals surface area contributed by atoms with Crippen LogP contribution >= 0.6 is 11.6 Å². The zero-order valence-corrected chi connectivity index (χ0v) is 13.7. The maximum atomic E-state index is 7.79. The van der Waals surface area contributed by atoms with E-state index in [0.717, 1.165) is 30.6 Å². The zero-order chi connectivity index (χ0) is 15.3. The van der Waals surface area contributed by atoms with Gasteiger partial charge in [0.1, 0.15) is 5.84 Å². The van der Waals surface area contributed by atoms with Crippen LogP contribution in [0.25, 0.3) is 0 Å². The number of rotatable bonds is 7. The summed E-state index contributed by atoms with van der Waals surface area (Å²) in [6.45, 7) is 9.73. The van der Waals surface area contributed by atoms with E-state index in [2.05, 4.69) is 32.6 Å². The van der Waals surface area contributed by atoms with Crippen LogP contribution in [0.3, 0.4) is 0 Å². The van der Waals surface area contributed by atoms with E-state index in [1.807, 2.05) is 12.1 Å². The average molecular weight is 296 g/mol. The van der Waals surface area contributed by atoms with Crippen molar-refractivity contribution in [3.05, 3.63) is 28.8 Å². The normalized spacial score (nSPS) is 11.2. The molecule has 0 amide bonds. The number of halogens is 1. The average Bonchev–Trinajstić information content (AvgIpc) is 2.38. The lowest BCUT2D eigenvalue weighted by Crippen LogP contribution is -2.38. The first-order chi connectivity index (χ1) is 9.40. The van der Waals surface area contributed by atoms with Gasteiger partial charge in [-0.05, 0) is 37.0 Å². The molecule has 112 valence electrons. The van der Waals surface area contributed by atoms with Gasteiger partial charge in [0.2, 0.25) is 0 Å². The molecule has 0 spiro atoms. The van der Waals surface area contributed by atoms with E-state index in [1.165, 1.54) is 0 Å². The van der Waals surface area contributed by atoms with E-state index in [4.69, 9.17) is 22.7 Å². The summed E-state index contributed by atoms with van der Waals surface area (Å²) in [4.78, 5) is 2.35. The molecule has 4 heteroatoms. The highest BCUT2D eigenvalue weighted by atomic mass is 35.5. The first-order valence-corrected chi connectivity index (χ1v) is 7.69. The predicted octanol–water partition coefficient (Wildman–Crippen LogP) is 4.28. The fraction of sp³-hybridized carbons (Fsp3) is 0.562. The Morgan fingerprint density at radius 3 is 2.35 bits per heavy atom. The van der Waals surface area contributed by atoms with Crippen molar-refractivity contribution in [2.24, 2.45) is 11.7 Å². The van der Waals surface area contributed by atoms with Crippen LogP contribution in [0.2, 0.25) is 5.02 Å². The molecule has 3 N–H and O–H groups in total. The summed E-state index contributed by atoms with van der Waals surface area (Å²) < 4.78 is 0. The van der Waals surface area contributed by atoms with Crippen molar-refractivity contribution in [2.75, 3.05) is 11.4 Å². The van der Waals surface area contributed by atoms with Gasteiger partial charge in [0, 0.05) is 28.9 Å². The fourth-order valence-corrected chi connectivity index (χ4v) is 2.70. The molecule has 0 aliphatic carbocycles. The number of nitrogens with two attached hydrogens (primary N) is 1. The van der Waals surface area contributed by atoms with Crippen LogP contribution in [0.15, 0.2) is 18.2 Å². The molecule has 0 aliphatic rings. The van der Waals surface area contributed by atoms with E-state index in [9.17, 15) is 0 Å². The SMILES string of the molecule is CCC(CC)N(CC(C)C)c1cc(Cl)ccc1C(=N)N. The van der Waals surface area contributed by atoms with Crippen LogP contribution in [0, 0.1) is 11.3 Å². The lowest BCUT2D eigenvalue weighted by atomic mass is 10.0.